The molecule has 2 aromatic rings. The molecule has 0 saturated carbocycles. The van der Waals surface area contributed by atoms with Gasteiger partial charge in [0.15, 0.2) is 5.96 Å². The summed E-state index contributed by atoms with van der Waals surface area (Å²) in [6, 6.07) is 10.5. The summed E-state index contributed by atoms with van der Waals surface area (Å²) in [6.45, 7) is 0.681. The van der Waals surface area contributed by atoms with E-state index in [0.717, 1.165) is 17.5 Å². The van der Waals surface area contributed by atoms with Gasteiger partial charge in [-0.2, -0.15) is 0 Å². The second-order valence-corrected chi connectivity index (χ2v) is 4.71. The van der Waals surface area contributed by atoms with Crippen LogP contribution < -0.4 is 11.1 Å². The van der Waals surface area contributed by atoms with Crippen LogP contribution in [0, 0.1) is 5.82 Å². The highest BCUT2D eigenvalue weighted by molar-refractivity contribution is 5.77. The van der Waals surface area contributed by atoms with E-state index in [-0.39, 0.29) is 11.7 Å². The van der Waals surface area contributed by atoms with Crippen LogP contribution in [0.2, 0.25) is 0 Å². The number of nitrogens with zero attached hydrogens (tertiary/aromatic N) is 2. The van der Waals surface area contributed by atoms with Gasteiger partial charge < -0.3 is 11.1 Å². The lowest BCUT2D eigenvalue weighted by Crippen LogP contribution is -2.32. The van der Waals surface area contributed by atoms with E-state index in [9.17, 15) is 4.39 Å². The van der Waals surface area contributed by atoms with Crippen molar-refractivity contribution in [1.82, 2.24) is 10.3 Å². The Morgan fingerprint density at radius 3 is 2.67 bits per heavy atom. The molecule has 0 amide bonds. The molecule has 110 valence electrons. The molecule has 0 aliphatic heterocycles. The summed E-state index contributed by atoms with van der Waals surface area (Å²) >= 11 is 0. The van der Waals surface area contributed by atoms with Crippen LogP contribution in [0.5, 0.6) is 0 Å². The van der Waals surface area contributed by atoms with E-state index in [0.29, 0.717) is 12.5 Å². The minimum absolute atomic E-state index is 0.136. The zero-order valence-corrected chi connectivity index (χ0v) is 12.0. The van der Waals surface area contributed by atoms with Crippen LogP contribution in [0.3, 0.4) is 0 Å². The highest BCUT2D eigenvalue weighted by Gasteiger charge is 2.14. The van der Waals surface area contributed by atoms with Gasteiger partial charge in [-0.1, -0.05) is 18.2 Å². The molecule has 0 saturated heterocycles. The third-order valence-corrected chi connectivity index (χ3v) is 3.34. The van der Waals surface area contributed by atoms with Crippen molar-refractivity contribution in [1.29, 1.82) is 0 Å². The number of rotatable bonds is 5. The summed E-state index contributed by atoms with van der Waals surface area (Å²) in [4.78, 5) is 8.03. The van der Waals surface area contributed by atoms with Crippen molar-refractivity contribution < 1.29 is 4.39 Å². The van der Waals surface area contributed by atoms with Crippen molar-refractivity contribution in [3.63, 3.8) is 0 Å². The predicted octanol–water partition coefficient (Wildman–Crippen LogP) is 2.28. The molecule has 1 atom stereocenters. The first-order valence-corrected chi connectivity index (χ1v) is 6.82. The summed E-state index contributed by atoms with van der Waals surface area (Å²) in [6.07, 6.45) is 4.39. The Bertz CT molecular complexity index is 581. The van der Waals surface area contributed by atoms with Gasteiger partial charge in [0.2, 0.25) is 0 Å². The highest BCUT2D eigenvalue weighted by Crippen LogP contribution is 2.27. The molecule has 0 bridgehead atoms. The molecule has 2 rings (SSSR count). The zero-order valence-electron chi connectivity index (χ0n) is 12.0. The van der Waals surface area contributed by atoms with Gasteiger partial charge in [0.25, 0.3) is 0 Å². The number of aliphatic imine (C=N–C) groups is 1. The molecule has 1 aromatic heterocycles. The molecule has 0 radical (unpaired) electrons. The standard InChI is InChI=1S/C16H19FN4/c1-19-16(18)21-10-8-15(13-3-2-9-20-11-13)12-4-6-14(17)7-5-12/h2-7,9,11,15H,8,10H2,1H3,(H3,18,19,21). The van der Waals surface area contributed by atoms with Crippen LogP contribution in [0.25, 0.3) is 0 Å². The number of hydrogen-bond acceptors (Lipinski definition) is 2. The Morgan fingerprint density at radius 2 is 2.05 bits per heavy atom. The van der Waals surface area contributed by atoms with E-state index in [2.05, 4.69) is 15.3 Å². The van der Waals surface area contributed by atoms with Crippen molar-refractivity contribution in [3.05, 3.63) is 65.7 Å². The number of hydrogen-bond donors (Lipinski definition) is 2. The van der Waals surface area contributed by atoms with Gasteiger partial charge in [0.1, 0.15) is 5.82 Å². The fraction of sp³-hybridized carbons (Fsp3) is 0.250. The molecule has 1 unspecified atom stereocenters. The van der Waals surface area contributed by atoms with E-state index < -0.39 is 0 Å². The van der Waals surface area contributed by atoms with Crippen LogP contribution >= 0.6 is 0 Å². The smallest absolute Gasteiger partial charge is 0.188 e. The molecule has 3 N–H and O–H groups in total. The fourth-order valence-electron chi connectivity index (χ4n) is 2.23. The SMILES string of the molecule is CN=C(N)NCCC(c1ccc(F)cc1)c1cccnc1. The van der Waals surface area contributed by atoms with Gasteiger partial charge in [-0.3, -0.25) is 9.98 Å². The maximum Gasteiger partial charge on any atom is 0.188 e. The lowest BCUT2D eigenvalue weighted by Gasteiger charge is -2.18. The lowest BCUT2D eigenvalue weighted by molar-refractivity contribution is 0.624. The Balaban J connectivity index is 2.17. The van der Waals surface area contributed by atoms with Gasteiger partial charge >= 0.3 is 0 Å². The van der Waals surface area contributed by atoms with Gasteiger partial charge in [0, 0.05) is 31.9 Å². The molecule has 1 aromatic carbocycles. The van der Waals surface area contributed by atoms with E-state index >= 15 is 0 Å². The molecule has 5 heteroatoms. The maximum absolute atomic E-state index is 13.1. The van der Waals surface area contributed by atoms with Crippen LogP contribution in [0.1, 0.15) is 23.5 Å². The third kappa shape index (κ3) is 4.27. The van der Waals surface area contributed by atoms with Crippen molar-refractivity contribution >= 4 is 5.96 Å². The quantitative estimate of drug-likeness (QED) is 0.654. The first kappa shape index (κ1) is 15.0. The molecule has 21 heavy (non-hydrogen) atoms. The van der Waals surface area contributed by atoms with E-state index in [4.69, 9.17) is 5.73 Å². The topological polar surface area (TPSA) is 63.3 Å². The number of guanidine groups is 1. The number of pyridine rings is 1. The zero-order chi connectivity index (χ0) is 15.1. The molecule has 1 heterocycles. The fourth-order valence-corrected chi connectivity index (χ4v) is 2.23. The Kier molecular flexibility index (Phi) is 5.26. The van der Waals surface area contributed by atoms with Crippen molar-refractivity contribution in [2.75, 3.05) is 13.6 Å². The lowest BCUT2D eigenvalue weighted by atomic mass is 9.89. The summed E-state index contributed by atoms with van der Waals surface area (Å²) < 4.78 is 13.1. The van der Waals surface area contributed by atoms with E-state index in [1.807, 2.05) is 30.5 Å². The molecule has 0 fully saturated rings. The monoisotopic (exact) mass is 286 g/mol. The average molecular weight is 286 g/mol. The van der Waals surface area contributed by atoms with E-state index in [1.54, 1.807) is 13.2 Å². The second kappa shape index (κ2) is 7.38. The van der Waals surface area contributed by atoms with Crippen LogP contribution in [0.4, 0.5) is 4.39 Å². The van der Waals surface area contributed by atoms with Crippen LogP contribution in [0.15, 0.2) is 53.8 Å². The first-order chi connectivity index (χ1) is 10.2. The van der Waals surface area contributed by atoms with Crippen LogP contribution in [-0.2, 0) is 0 Å². The molecule has 4 nitrogen and oxygen atoms in total. The first-order valence-electron chi connectivity index (χ1n) is 6.82. The van der Waals surface area contributed by atoms with Crippen molar-refractivity contribution in [2.24, 2.45) is 10.7 Å². The number of aromatic nitrogens is 1. The summed E-state index contributed by atoms with van der Waals surface area (Å²) in [5.41, 5.74) is 7.78. The van der Waals surface area contributed by atoms with Gasteiger partial charge in [-0.25, -0.2) is 4.39 Å². The van der Waals surface area contributed by atoms with E-state index in [1.165, 1.54) is 12.1 Å². The number of nitrogens with two attached hydrogens (primary N) is 1. The summed E-state index contributed by atoms with van der Waals surface area (Å²) in [5, 5.41) is 3.05. The predicted molar refractivity (Wildman–Crippen MR) is 82.6 cm³/mol. The van der Waals surface area contributed by atoms with Crippen molar-refractivity contribution in [2.45, 2.75) is 12.3 Å². The van der Waals surface area contributed by atoms with Gasteiger partial charge in [-0.15, -0.1) is 0 Å². The van der Waals surface area contributed by atoms with Gasteiger partial charge in [0.05, 0.1) is 0 Å². The Hall–Kier alpha value is -2.43. The normalized spacial score (nSPS) is 13.0. The Labute approximate surface area is 123 Å². The largest absolute Gasteiger partial charge is 0.370 e. The average Bonchev–Trinajstić information content (AvgIpc) is 2.53. The number of nitrogens with one attached hydrogen (secondary N) is 1. The van der Waals surface area contributed by atoms with Gasteiger partial charge in [-0.05, 0) is 35.7 Å². The molecular weight excluding hydrogens is 267 g/mol. The van der Waals surface area contributed by atoms with Crippen molar-refractivity contribution in [3.8, 4) is 0 Å². The maximum atomic E-state index is 13.1. The summed E-state index contributed by atoms with van der Waals surface area (Å²) in [5.74, 6) is 0.319. The molecule has 0 aliphatic carbocycles. The summed E-state index contributed by atoms with van der Waals surface area (Å²) in [7, 11) is 1.64. The molecular formula is C16H19FN4. The molecule has 0 spiro atoms. The number of halogens is 1. The second-order valence-electron chi connectivity index (χ2n) is 4.71. The Morgan fingerprint density at radius 1 is 1.29 bits per heavy atom. The minimum atomic E-state index is -0.232. The minimum Gasteiger partial charge on any atom is -0.370 e. The third-order valence-electron chi connectivity index (χ3n) is 3.34. The molecule has 0 aliphatic rings. The number of benzene rings is 1. The highest BCUT2D eigenvalue weighted by atomic mass is 19.1. The van der Waals surface area contributed by atoms with Crippen LogP contribution in [-0.4, -0.2) is 24.5 Å².